The predicted octanol–water partition coefficient (Wildman–Crippen LogP) is -1.10. The molecule has 1 heterocycles. The van der Waals surface area contributed by atoms with Crippen molar-refractivity contribution in [3.63, 3.8) is 0 Å². The van der Waals surface area contributed by atoms with Gasteiger partial charge in [-0.05, 0) is 12.1 Å². The summed E-state index contributed by atoms with van der Waals surface area (Å²) >= 11 is 0. The lowest BCUT2D eigenvalue weighted by Gasteiger charge is -2.40. The molecule has 1 aliphatic rings. The van der Waals surface area contributed by atoms with Crippen LogP contribution in [-0.4, -0.2) is 57.7 Å². The number of ether oxygens (including phenoxy) is 1. The van der Waals surface area contributed by atoms with Crippen LogP contribution in [0.3, 0.4) is 0 Å². The highest BCUT2D eigenvalue weighted by molar-refractivity contribution is 5.44. The zero-order chi connectivity index (χ0) is 13.1. The summed E-state index contributed by atoms with van der Waals surface area (Å²) in [6.07, 6.45) is -4.77. The topological polar surface area (TPSA) is 102 Å². The van der Waals surface area contributed by atoms with Crippen LogP contribution in [0.2, 0.25) is 0 Å². The van der Waals surface area contributed by atoms with E-state index in [-0.39, 0.29) is 0 Å². The molecule has 0 amide bonds. The van der Waals surface area contributed by atoms with Gasteiger partial charge in [0.25, 0.3) is 0 Å². The minimum absolute atomic E-state index is 0.465. The van der Waals surface area contributed by atoms with Crippen LogP contribution in [0.5, 0.6) is 0 Å². The van der Waals surface area contributed by atoms with Gasteiger partial charge in [0.1, 0.15) is 24.4 Å². The number of nitrogens with one attached hydrogen (secondary N) is 1. The maximum absolute atomic E-state index is 9.91. The Hall–Kier alpha value is -1.18. The lowest BCUT2D eigenvalue weighted by Crippen LogP contribution is -2.61. The van der Waals surface area contributed by atoms with E-state index < -0.39 is 37.3 Å². The Kier molecular flexibility index (Phi) is 4.15. The number of anilines is 1. The number of benzene rings is 1. The first-order valence-corrected chi connectivity index (χ1v) is 5.75. The minimum atomic E-state index is -1.30. The van der Waals surface area contributed by atoms with Gasteiger partial charge in [-0.15, -0.1) is 0 Å². The van der Waals surface area contributed by atoms with E-state index in [1.165, 1.54) is 0 Å². The Morgan fingerprint density at radius 2 is 1.72 bits per heavy atom. The van der Waals surface area contributed by atoms with Crippen LogP contribution in [0.4, 0.5) is 5.69 Å². The van der Waals surface area contributed by atoms with Crippen molar-refractivity contribution in [2.24, 2.45) is 0 Å². The van der Waals surface area contributed by atoms with Gasteiger partial charge in [0.05, 0.1) is 6.61 Å². The fourth-order valence-corrected chi connectivity index (χ4v) is 1.98. The zero-order valence-electron chi connectivity index (χ0n) is 9.68. The van der Waals surface area contributed by atoms with Gasteiger partial charge in [-0.2, -0.15) is 0 Å². The molecular weight excluding hydrogens is 238 g/mol. The van der Waals surface area contributed by atoms with Crippen LogP contribution in [0, 0.1) is 0 Å². The van der Waals surface area contributed by atoms with Crippen molar-refractivity contribution in [1.29, 1.82) is 0 Å². The number of aliphatic hydroxyl groups is 4. The summed E-state index contributed by atoms with van der Waals surface area (Å²) < 4.78 is 5.04. The Bertz CT molecular complexity index is 374. The monoisotopic (exact) mass is 255 g/mol. The summed E-state index contributed by atoms with van der Waals surface area (Å²) in [4.78, 5) is 0. The van der Waals surface area contributed by atoms with Crippen LogP contribution < -0.4 is 5.32 Å². The average molecular weight is 255 g/mol. The highest BCUT2D eigenvalue weighted by Crippen LogP contribution is 2.22. The highest BCUT2D eigenvalue weighted by Gasteiger charge is 2.43. The molecule has 1 unspecified atom stereocenters. The molecule has 0 bridgehead atoms. The van der Waals surface area contributed by atoms with Gasteiger partial charge >= 0.3 is 0 Å². The molecule has 6 heteroatoms. The second-order valence-corrected chi connectivity index (χ2v) is 4.27. The van der Waals surface area contributed by atoms with Crippen molar-refractivity contribution < 1.29 is 25.2 Å². The molecule has 0 saturated carbocycles. The zero-order valence-corrected chi connectivity index (χ0v) is 9.68. The average Bonchev–Trinajstić information content (AvgIpc) is 2.40. The SMILES string of the molecule is OC[C@H]1OC(O)[C@@H](Nc2ccccc2)[C@@H](O)[C@@H]1O. The molecule has 1 aromatic carbocycles. The van der Waals surface area contributed by atoms with E-state index in [4.69, 9.17) is 9.84 Å². The van der Waals surface area contributed by atoms with Crippen molar-refractivity contribution >= 4 is 5.69 Å². The molecule has 18 heavy (non-hydrogen) atoms. The lowest BCUT2D eigenvalue weighted by atomic mass is 9.97. The maximum Gasteiger partial charge on any atom is 0.178 e. The van der Waals surface area contributed by atoms with Gasteiger partial charge in [0, 0.05) is 5.69 Å². The van der Waals surface area contributed by atoms with Gasteiger partial charge in [-0.3, -0.25) is 0 Å². The summed E-state index contributed by atoms with van der Waals surface area (Å²) in [6, 6.07) is 8.13. The van der Waals surface area contributed by atoms with Crippen molar-refractivity contribution in [3.8, 4) is 0 Å². The Labute approximate surface area is 104 Å². The third-order valence-electron chi connectivity index (χ3n) is 3.01. The molecule has 1 fully saturated rings. The molecule has 1 aliphatic heterocycles. The van der Waals surface area contributed by atoms with Crippen molar-refractivity contribution in [1.82, 2.24) is 0 Å². The Morgan fingerprint density at radius 3 is 2.33 bits per heavy atom. The molecule has 0 aromatic heterocycles. The molecule has 0 radical (unpaired) electrons. The summed E-state index contributed by atoms with van der Waals surface area (Å²) in [6.45, 7) is -0.465. The number of hydrogen-bond donors (Lipinski definition) is 5. The molecule has 0 spiro atoms. The second-order valence-electron chi connectivity index (χ2n) is 4.27. The van der Waals surface area contributed by atoms with Crippen LogP contribution in [0.25, 0.3) is 0 Å². The van der Waals surface area contributed by atoms with E-state index in [0.29, 0.717) is 5.69 Å². The fraction of sp³-hybridized carbons (Fsp3) is 0.500. The van der Waals surface area contributed by atoms with E-state index in [2.05, 4.69) is 5.32 Å². The Morgan fingerprint density at radius 1 is 1.06 bits per heavy atom. The van der Waals surface area contributed by atoms with Gasteiger partial charge in [0.2, 0.25) is 0 Å². The fourth-order valence-electron chi connectivity index (χ4n) is 1.98. The summed E-state index contributed by atoms with van der Waals surface area (Å²) in [5, 5.41) is 41.2. The number of aliphatic hydroxyl groups excluding tert-OH is 4. The lowest BCUT2D eigenvalue weighted by molar-refractivity contribution is -0.245. The molecule has 5 atom stereocenters. The van der Waals surface area contributed by atoms with Crippen molar-refractivity contribution in [2.75, 3.05) is 11.9 Å². The number of rotatable bonds is 3. The van der Waals surface area contributed by atoms with E-state index in [1.54, 1.807) is 24.3 Å². The molecule has 5 N–H and O–H groups in total. The third-order valence-corrected chi connectivity index (χ3v) is 3.01. The van der Waals surface area contributed by atoms with Crippen LogP contribution in [0.1, 0.15) is 0 Å². The first kappa shape index (κ1) is 13.3. The standard InChI is InChI=1S/C12H17NO5/c14-6-8-10(15)11(16)9(12(17)18-8)13-7-4-2-1-3-5-7/h1-5,8-17H,6H2/t8-,9+,10-,11-,12?/m1/s1. The minimum Gasteiger partial charge on any atom is -0.394 e. The quantitative estimate of drug-likeness (QED) is 0.470. The molecule has 6 nitrogen and oxygen atoms in total. The van der Waals surface area contributed by atoms with Gasteiger partial charge in [-0.25, -0.2) is 0 Å². The van der Waals surface area contributed by atoms with Crippen molar-refractivity contribution in [3.05, 3.63) is 30.3 Å². The summed E-state index contributed by atoms with van der Waals surface area (Å²) in [5.41, 5.74) is 0.693. The summed E-state index contributed by atoms with van der Waals surface area (Å²) in [7, 11) is 0. The molecule has 0 aliphatic carbocycles. The van der Waals surface area contributed by atoms with Crippen molar-refractivity contribution in [2.45, 2.75) is 30.6 Å². The third kappa shape index (κ3) is 2.63. The number of para-hydroxylation sites is 1. The summed E-state index contributed by atoms with van der Waals surface area (Å²) in [5.74, 6) is 0. The first-order valence-electron chi connectivity index (χ1n) is 5.75. The van der Waals surface area contributed by atoms with E-state index in [9.17, 15) is 15.3 Å². The second kappa shape index (κ2) is 5.64. The first-order chi connectivity index (χ1) is 8.63. The molecule has 1 saturated heterocycles. The molecule has 1 aromatic rings. The van der Waals surface area contributed by atoms with Crippen LogP contribution >= 0.6 is 0 Å². The smallest absolute Gasteiger partial charge is 0.178 e. The van der Waals surface area contributed by atoms with Gasteiger partial charge in [0.15, 0.2) is 6.29 Å². The normalized spacial score (nSPS) is 36.3. The van der Waals surface area contributed by atoms with Gasteiger partial charge in [-0.1, -0.05) is 18.2 Å². The largest absolute Gasteiger partial charge is 0.394 e. The molecule has 100 valence electrons. The van der Waals surface area contributed by atoms with Crippen LogP contribution in [-0.2, 0) is 4.74 Å². The number of hydrogen-bond acceptors (Lipinski definition) is 6. The highest BCUT2D eigenvalue weighted by atomic mass is 16.6. The predicted molar refractivity (Wildman–Crippen MR) is 63.8 cm³/mol. The van der Waals surface area contributed by atoms with Crippen LogP contribution in [0.15, 0.2) is 30.3 Å². The molecule has 2 rings (SSSR count). The Balaban J connectivity index is 2.08. The van der Waals surface area contributed by atoms with E-state index in [1.807, 2.05) is 6.07 Å². The molecular formula is C12H17NO5. The van der Waals surface area contributed by atoms with E-state index in [0.717, 1.165) is 0 Å². The maximum atomic E-state index is 9.91. The van der Waals surface area contributed by atoms with E-state index >= 15 is 0 Å². The van der Waals surface area contributed by atoms with Gasteiger partial charge < -0.3 is 30.5 Å².